The van der Waals surface area contributed by atoms with Crippen molar-refractivity contribution in [2.24, 2.45) is 11.6 Å². The monoisotopic (exact) mass is 249 g/mol. The molecule has 1 aliphatic heterocycles. The van der Waals surface area contributed by atoms with Gasteiger partial charge < -0.3 is 10.5 Å². The Morgan fingerprint density at radius 3 is 2.53 bits per heavy atom. The van der Waals surface area contributed by atoms with Crippen LogP contribution in [0.3, 0.4) is 0 Å². The highest BCUT2D eigenvalue weighted by molar-refractivity contribution is 5.88. The number of halogens is 3. The van der Waals surface area contributed by atoms with E-state index in [1.54, 1.807) is 0 Å². The summed E-state index contributed by atoms with van der Waals surface area (Å²) in [6.45, 7) is 0. The molecule has 8 heteroatoms. The first kappa shape index (κ1) is 13.1. The first-order valence-corrected chi connectivity index (χ1v) is 4.36. The van der Waals surface area contributed by atoms with Crippen LogP contribution in [-0.4, -0.2) is 24.3 Å². The number of nitrogens with zero attached hydrogens (tertiary/aromatic N) is 1. The molecule has 1 aliphatic rings. The van der Waals surface area contributed by atoms with Crippen LogP contribution in [0.1, 0.15) is 0 Å². The molecule has 0 amide bonds. The van der Waals surface area contributed by atoms with Gasteiger partial charge in [0.05, 0.1) is 18.4 Å². The topological polar surface area (TPSA) is 81.6 Å². The summed E-state index contributed by atoms with van der Waals surface area (Å²) >= 11 is 0. The van der Waals surface area contributed by atoms with Gasteiger partial charge in [0, 0.05) is 6.20 Å². The van der Waals surface area contributed by atoms with E-state index in [1.807, 2.05) is 0 Å². The summed E-state index contributed by atoms with van der Waals surface area (Å²) in [6.07, 6.45) is -2.15. The molecule has 1 heterocycles. The molecule has 0 unspecified atom stereocenters. The van der Waals surface area contributed by atoms with E-state index in [9.17, 15) is 18.0 Å². The van der Waals surface area contributed by atoms with Crippen molar-refractivity contribution in [3.63, 3.8) is 0 Å². The van der Waals surface area contributed by atoms with Crippen LogP contribution in [0.15, 0.2) is 35.3 Å². The number of alkyl halides is 3. The normalized spacial score (nSPS) is 18.9. The number of esters is 1. The Morgan fingerprint density at radius 2 is 2.06 bits per heavy atom. The lowest BCUT2D eigenvalue weighted by atomic mass is 10.1. The molecule has 0 fully saturated rings. The number of rotatable bonds is 1. The van der Waals surface area contributed by atoms with E-state index < -0.39 is 23.4 Å². The molecule has 4 N–H and O–H groups in total. The van der Waals surface area contributed by atoms with Crippen LogP contribution < -0.4 is 11.6 Å². The zero-order chi connectivity index (χ0) is 13.2. The fourth-order valence-corrected chi connectivity index (χ4v) is 1.12. The van der Waals surface area contributed by atoms with E-state index in [4.69, 9.17) is 11.6 Å². The van der Waals surface area contributed by atoms with Crippen molar-refractivity contribution in [3.05, 3.63) is 35.3 Å². The lowest BCUT2D eigenvalue weighted by molar-refractivity contribution is -0.136. The summed E-state index contributed by atoms with van der Waals surface area (Å²) in [6, 6.07) is 0. The van der Waals surface area contributed by atoms with Crippen LogP contribution in [0.5, 0.6) is 0 Å². The van der Waals surface area contributed by atoms with E-state index >= 15 is 0 Å². The predicted octanol–water partition coefficient (Wildman–Crippen LogP) is 0.521. The molecule has 0 spiro atoms. The van der Waals surface area contributed by atoms with Gasteiger partial charge >= 0.3 is 12.1 Å². The minimum absolute atomic E-state index is 0.272. The van der Waals surface area contributed by atoms with E-state index in [0.29, 0.717) is 6.08 Å². The molecule has 0 saturated heterocycles. The third-order valence-electron chi connectivity index (χ3n) is 1.99. The quantitative estimate of drug-likeness (QED) is 0.402. The summed E-state index contributed by atoms with van der Waals surface area (Å²) in [5, 5.41) is 0.807. The van der Waals surface area contributed by atoms with Gasteiger partial charge in [0.1, 0.15) is 5.70 Å². The summed E-state index contributed by atoms with van der Waals surface area (Å²) in [4.78, 5) is 11.1. The Morgan fingerprint density at radius 1 is 1.47 bits per heavy atom. The van der Waals surface area contributed by atoms with Gasteiger partial charge in [0.15, 0.2) is 0 Å². The molecule has 0 aromatic rings. The lowest BCUT2D eigenvalue weighted by Gasteiger charge is -2.22. The van der Waals surface area contributed by atoms with Crippen molar-refractivity contribution >= 4 is 5.97 Å². The zero-order valence-electron chi connectivity index (χ0n) is 8.78. The van der Waals surface area contributed by atoms with E-state index in [-0.39, 0.29) is 5.70 Å². The maximum atomic E-state index is 12.4. The van der Waals surface area contributed by atoms with Crippen LogP contribution >= 0.6 is 0 Å². The van der Waals surface area contributed by atoms with Crippen molar-refractivity contribution in [1.29, 1.82) is 0 Å². The first-order valence-electron chi connectivity index (χ1n) is 4.36. The zero-order valence-corrected chi connectivity index (χ0v) is 8.78. The Hall–Kier alpha value is -1.96. The fraction of sp³-hybridized carbons (Fsp3) is 0.222. The van der Waals surface area contributed by atoms with Crippen LogP contribution in [-0.2, 0) is 9.53 Å². The van der Waals surface area contributed by atoms with Gasteiger partial charge in [-0.1, -0.05) is 0 Å². The van der Waals surface area contributed by atoms with E-state index in [1.165, 1.54) is 0 Å². The number of allylic oxidation sites excluding steroid dienone is 3. The number of hydrogen-bond acceptors (Lipinski definition) is 5. The van der Waals surface area contributed by atoms with Crippen LogP contribution in [0.2, 0.25) is 0 Å². The van der Waals surface area contributed by atoms with Gasteiger partial charge in [0.2, 0.25) is 0 Å². The first-order chi connectivity index (χ1) is 7.77. The van der Waals surface area contributed by atoms with Gasteiger partial charge in [-0.3, -0.25) is 5.01 Å². The Labute approximate surface area is 94.8 Å². The van der Waals surface area contributed by atoms with Crippen LogP contribution in [0, 0.1) is 0 Å². The SMILES string of the molecule is COC(=O)/C(N)=C1\C=C(C(F)(F)F)C=CN1N. The van der Waals surface area contributed by atoms with Crippen LogP contribution in [0.25, 0.3) is 0 Å². The molecule has 0 atom stereocenters. The molecule has 17 heavy (non-hydrogen) atoms. The summed E-state index contributed by atoms with van der Waals surface area (Å²) in [7, 11) is 1.06. The Kier molecular flexibility index (Phi) is 3.47. The van der Waals surface area contributed by atoms with Crippen LogP contribution in [0.4, 0.5) is 13.2 Å². The number of methoxy groups -OCH3 is 1. The fourth-order valence-electron chi connectivity index (χ4n) is 1.12. The highest BCUT2D eigenvalue weighted by Crippen LogP contribution is 2.30. The highest BCUT2D eigenvalue weighted by Gasteiger charge is 2.34. The van der Waals surface area contributed by atoms with Gasteiger partial charge in [-0.05, 0) is 12.2 Å². The van der Waals surface area contributed by atoms with Crippen molar-refractivity contribution in [2.75, 3.05) is 7.11 Å². The Balaban J connectivity index is 3.21. The molecule has 0 radical (unpaired) electrons. The maximum Gasteiger partial charge on any atom is 0.416 e. The summed E-state index contributed by atoms with van der Waals surface area (Å²) < 4.78 is 41.6. The van der Waals surface area contributed by atoms with Crippen molar-refractivity contribution in [2.45, 2.75) is 6.18 Å². The minimum atomic E-state index is -4.54. The smallest absolute Gasteiger partial charge is 0.416 e. The molecule has 0 bridgehead atoms. The van der Waals surface area contributed by atoms with Gasteiger partial charge in [-0.15, -0.1) is 0 Å². The number of nitrogens with two attached hydrogens (primary N) is 2. The van der Waals surface area contributed by atoms with Gasteiger partial charge in [0.25, 0.3) is 0 Å². The molecule has 0 aliphatic carbocycles. The van der Waals surface area contributed by atoms with Gasteiger partial charge in [-0.2, -0.15) is 13.2 Å². The molecular formula is C9H10F3N3O2. The number of carbonyl (C=O) groups excluding carboxylic acids is 1. The molecule has 0 aromatic heterocycles. The predicted molar refractivity (Wildman–Crippen MR) is 52.5 cm³/mol. The Bertz CT molecular complexity index is 424. The van der Waals surface area contributed by atoms with Gasteiger partial charge in [-0.25, -0.2) is 10.6 Å². The second kappa shape index (κ2) is 4.50. The largest absolute Gasteiger partial charge is 0.464 e. The highest BCUT2D eigenvalue weighted by atomic mass is 19.4. The van der Waals surface area contributed by atoms with E-state index in [0.717, 1.165) is 24.4 Å². The standard InChI is InChI=1S/C9H10F3N3O2/c1-17-8(16)7(13)6-4-5(9(10,11)12)2-3-15(6)14/h2-4H,13-14H2,1H3/b7-6-. The second-order valence-corrected chi connectivity index (χ2v) is 3.11. The number of carbonyl (C=O) groups is 1. The number of hydrazine groups is 1. The summed E-state index contributed by atoms with van der Waals surface area (Å²) in [5.41, 5.74) is 3.61. The molecular weight excluding hydrogens is 239 g/mol. The molecule has 0 aromatic carbocycles. The molecule has 5 nitrogen and oxygen atoms in total. The maximum absolute atomic E-state index is 12.4. The van der Waals surface area contributed by atoms with Crippen molar-refractivity contribution in [1.82, 2.24) is 5.01 Å². The van der Waals surface area contributed by atoms with Crippen molar-refractivity contribution < 1.29 is 22.7 Å². The minimum Gasteiger partial charge on any atom is -0.464 e. The van der Waals surface area contributed by atoms with E-state index in [2.05, 4.69) is 4.74 Å². The lowest BCUT2D eigenvalue weighted by Crippen LogP contribution is -2.32. The molecule has 1 rings (SSSR count). The second-order valence-electron chi connectivity index (χ2n) is 3.11. The third-order valence-corrected chi connectivity index (χ3v) is 1.99. The average Bonchev–Trinajstić information content (AvgIpc) is 2.26. The number of ether oxygens (including phenoxy) is 1. The number of hydrogen-bond donors (Lipinski definition) is 2. The average molecular weight is 249 g/mol. The molecule has 0 saturated carbocycles. The third kappa shape index (κ3) is 2.78. The molecule has 94 valence electrons. The summed E-state index contributed by atoms with van der Waals surface area (Å²) in [5.74, 6) is 4.41. The van der Waals surface area contributed by atoms with Crippen molar-refractivity contribution in [3.8, 4) is 0 Å².